The van der Waals surface area contributed by atoms with Crippen molar-refractivity contribution in [3.8, 4) is 11.5 Å². The molecule has 0 aliphatic carbocycles. The molecule has 1 N–H and O–H groups in total. The van der Waals surface area contributed by atoms with Gasteiger partial charge in [0.1, 0.15) is 6.29 Å². The Bertz CT molecular complexity index is 376. The lowest BCUT2D eigenvalue weighted by molar-refractivity contribution is 0.112. The van der Waals surface area contributed by atoms with Gasteiger partial charge in [-0.25, -0.2) is 4.79 Å². The molecule has 5 heteroatoms. The van der Waals surface area contributed by atoms with E-state index in [1.807, 2.05) is 0 Å². The van der Waals surface area contributed by atoms with Crippen LogP contribution in [0.3, 0.4) is 0 Å². The van der Waals surface area contributed by atoms with Crippen LogP contribution in [0.25, 0.3) is 0 Å². The van der Waals surface area contributed by atoms with Crippen molar-refractivity contribution in [3.05, 3.63) is 23.8 Å². The largest absolute Gasteiger partial charge is 0.493 e. The number of hydrogen-bond donors (Lipinski definition) is 1. The van der Waals surface area contributed by atoms with E-state index in [2.05, 4.69) is 5.32 Å². The highest BCUT2D eigenvalue weighted by Gasteiger charge is 2.08. The van der Waals surface area contributed by atoms with Gasteiger partial charge in [0.15, 0.2) is 11.5 Å². The van der Waals surface area contributed by atoms with E-state index < -0.39 is 6.09 Å². The first-order valence-corrected chi connectivity index (χ1v) is 4.24. The molecule has 0 spiro atoms. The zero-order valence-corrected chi connectivity index (χ0v) is 8.44. The fraction of sp³-hybridized carbons (Fsp3) is 0.200. The summed E-state index contributed by atoms with van der Waals surface area (Å²) in [5, 5.41) is 2.31. The molecule has 1 rings (SSSR count). The number of carbonyl (C=O) groups is 2. The van der Waals surface area contributed by atoms with Crippen molar-refractivity contribution in [1.29, 1.82) is 0 Å². The molecule has 15 heavy (non-hydrogen) atoms. The molecule has 1 amide bonds. The molecule has 0 heterocycles. The average Bonchev–Trinajstić information content (AvgIpc) is 2.29. The maximum Gasteiger partial charge on any atom is 0.412 e. The minimum Gasteiger partial charge on any atom is -0.493 e. The zero-order valence-electron chi connectivity index (χ0n) is 8.44. The number of methoxy groups -OCH3 is 1. The Hall–Kier alpha value is -2.04. The van der Waals surface area contributed by atoms with Gasteiger partial charge in [0.2, 0.25) is 0 Å². The number of benzene rings is 1. The van der Waals surface area contributed by atoms with Gasteiger partial charge in [-0.2, -0.15) is 0 Å². The van der Waals surface area contributed by atoms with E-state index in [4.69, 9.17) is 9.47 Å². The van der Waals surface area contributed by atoms with Gasteiger partial charge in [-0.15, -0.1) is 0 Å². The Morgan fingerprint density at radius 3 is 2.67 bits per heavy atom. The standard InChI is InChI=1S/C10H11NO4/c1-11-10(13)15-8-4-3-7(6-12)5-9(8)14-2/h3-6H,1-2H3,(H,11,13). The highest BCUT2D eigenvalue weighted by atomic mass is 16.6. The smallest absolute Gasteiger partial charge is 0.412 e. The van der Waals surface area contributed by atoms with Gasteiger partial charge in [-0.1, -0.05) is 0 Å². The van der Waals surface area contributed by atoms with Gasteiger partial charge in [0.25, 0.3) is 0 Å². The molecule has 0 unspecified atom stereocenters. The molecule has 0 atom stereocenters. The van der Waals surface area contributed by atoms with Gasteiger partial charge < -0.3 is 14.8 Å². The minimum absolute atomic E-state index is 0.266. The van der Waals surface area contributed by atoms with Crippen LogP contribution in [-0.4, -0.2) is 26.5 Å². The number of nitrogens with one attached hydrogen (secondary N) is 1. The third kappa shape index (κ3) is 2.70. The average molecular weight is 209 g/mol. The van der Waals surface area contributed by atoms with Gasteiger partial charge in [-0.05, 0) is 18.2 Å². The van der Waals surface area contributed by atoms with Crippen molar-refractivity contribution in [1.82, 2.24) is 5.32 Å². The molecule has 1 aromatic carbocycles. The first kappa shape index (κ1) is 11.0. The first-order chi connectivity index (χ1) is 7.21. The predicted octanol–water partition coefficient (Wildman–Crippen LogP) is 1.23. The summed E-state index contributed by atoms with van der Waals surface area (Å²) in [6, 6.07) is 4.52. The summed E-state index contributed by atoms with van der Waals surface area (Å²) in [4.78, 5) is 21.4. The first-order valence-electron chi connectivity index (χ1n) is 4.24. The molecule has 5 nitrogen and oxygen atoms in total. The zero-order chi connectivity index (χ0) is 11.3. The van der Waals surface area contributed by atoms with E-state index >= 15 is 0 Å². The quantitative estimate of drug-likeness (QED) is 0.760. The Balaban J connectivity index is 2.97. The highest BCUT2D eigenvalue weighted by molar-refractivity contribution is 5.77. The molecular formula is C10H11NO4. The second-order valence-corrected chi connectivity index (χ2v) is 2.67. The van der Waals surface area contributed by atoms with Gasteiger partial charge in [-0.3, -0.25) is 4.79 Å². The Labute approximate surface area is 87.0 Å². The van der Waals surface area contributed by atoms with Crippen LogP contribution in [0.5, 0.6) is 11.5 Å². The molecule has 1 aromatic rings. The number of carbonyl (C=O) groups excluding carboxylic acids is 2. The lowest BCUT2D eigenvalue weighted by Crippen LogP contribution is -2.22. The lowest BCUT2D eigenvalue weighted by Gasteiger charge is -2.08. The molecule has 0 saturated heterocycles. The summed E-state index contributed by atoms with van der Waals surface area (Å²) in [7, 11) is 2.88. The minimum atomic E-state index is -0.591. The van der Waals surface area contributed by atoms with E-state index in [0.29, 0.717) is 17.6 Å². The van der Waals surface area contributed by atoms with Crippen molar-refractivity contribution in [2.75, 3.05) is 14.2 Å². The monoisotopic (exact) mass is 209 g/mol. The number of rotatable bonds is 3. The maximum absolute atomic E-state index is 10.9. The molecule has 0 radical (unpaired) electrons. The van der Waals surface area contributed by atoms with Crippen LogP contribution in [0, 0.1) is 0 Å². The summed E-state index contributed by atoms with van der Waals surface area (Å²) in [5.74, 6) is 0.602. The van der Waals surface area contributed by atoms with Crippen LogP contribution in [0.1, 0.15) is 10.4 Å². The summed E-state index contributed by atoms with van der Waals surface area (Å²) >= 11 is 0. The van der Waals surface area contributed by atoms with Crippen molar-refractivity contribution < 1.29 is 19.1 Å². The second kappa shape index (κ2) is 4.99. The van der Waals surface area contributed by atoms with Crippen LogP contribution in [-0.2, 0) is 0 Å². The van der Waals surface area contributed by atoms with E-state index in [9.17, 15) is 9.59 Å². The van der Waals surface area contributed by atoms with Crippen molar-refractivity contribution in [2.24, 2.45) is 0 Å². The third-order valence-corrected chi connectivity index (χ3v) is 1.73. The number of amides is 1. The third-order valence-electron chi connectivity index (χ3n) is 1.73. The predicted molar refractivity (Wildman–Crippen MR) is 53.5 cm³/mol. The molecular weight excluding hydrogens is 198 g/mol. The Morgan fingerprint density at radius 2 is 2.13 bits per heavy atom. The van der Waals surface area contributed by atoms with Crippen LogP contribution >= 0.6 is 0 Å². The van der Waals surface area contributed by atoms with Gasteiger partial charge in [0.05, 0.1) is 7.11 Å². The normalized spacial score (nSPS) is 9.20. The number of hydrogen-bond acceptors (Lipinski definition) is 4. The molecule has 80 valence electrons. The van der Waals surface area contributed by atoms with E-state index in [0.717, 1.165) is 0 Å². The number of ether oxygens (including phenoxy) is 2. The van der Waals surface area contributed by atoms with Crippen molar-refractivity contribution >= 4 is 12.4 Å². The fourth-order valence-corrected chi connectivity index (χ4v) is 0.993. The van der Waals surface area contributed by atoms with Crippen LogP contribution in [0.15, 0.2) is 18.2 Å². The van der Waals surface area contributed by atoms with Gasteiger partial charge >= 0.3 is 6.09 Å². The summed E-state index contributed by atoms with van der Waals surface area (Å²) in [5.41, 5.74) is 0.455. The van der Waals surface area contributed by atoms with Crippen molar-refractivity contribution in [3.63, 3.8) is 0 Å². The maximum atomic E-state index is 10.9. The second-order valence-electron chi connectivity index (χ2n) is 2.67. The molecule has 0 aliphatic heterocycles. The van der Waals surface area contributed by atoms with Crippen LogP contribution in [0.2, 0.25) is 0 Å². The van der Waals surface area contributed by atoms with Crippen molar-refractivity contribution in [2.45, 2.75) is 0 Å². The van der Waals surface area contributed by atoms with E-state index in [1.54, 1.807) is 0 Å². The molecule has 0 saturated carbocycles. The molecule has 0 aromatic heterocycles. The van der Waals surface area contributed by atoms with E-state index in [-0.39, 0.29) is 5.75 Å². The number of aldehydes is 1. The summed E-state index contributed by atoms with van der Waals surface area (Å²) in [6.45, 7) is 0. The molecule has 0 fully saturated rings. The lowest BCUT2D eigenvalue weighted by atomic mass is 10.2. The van der Waals surface area contributed by atoms with Crippen LogP contribution in [0.4, 0.5) is 4.79 Å². The molecule has 0 bridgehead atoms. The summed E-state index contributed by atoms with van der Waals surface area (Å²) in [6.07, 6.45) is 0.0961. The topological polar surface area (TPSA) is 64.6 Å². The Morgan fingerprint density at radius 1 is 1.40 bits per heavy atom. The highest BCUT2D eigenvalue weighted by Crippen LogP contribution is 2.27. The van der Waals surface area contributed by atoms with Gasteiger partial charge in [0, 0.05) is 12.6 Å². The summed E-state index contributed by atoms with van der Waals surface area (Å²) < 4.78 is 9.86. The molecule has 0 aliphatic rings. The fourth-order valence-electron chi connectivity index (χ4n) is 0.993. The van der Waals surface area contributed by atoms with E-state index in [1.165, 1.54) is 32.4 Å². The van der Waals surface area contributed by atoms with Crippen LogP contribution < -0.4 is 14.8 Å². The Kier molecular flexibility index (Phi) is 3.68. The SMILES string of the molecule is CNC(=O)Oc1ccc(C=O)cc1OC.